The number of rotatable bonds is 20. The van der Waals surface area contributed by atoms with Crippen LogP contribution in [0.4, 0.5) is 0 Å². The molecule has 29 heavy (non-hydrogen) atoms. The van der Waals surface area contributed by atoms with Crippen molar-refractivity contribution in [2.75, 3.05) is 27.7 Å². The quantitative estimate of drug-likeness (QED) is 0.0929. The summed E-state index contributed by atoms with van der Waals surface area (Å²) >= 11 is 0. The molecule has 4 nitrogen and oxygen atoms in total. The maximum Gasteiger partial charge on any atom is 0.385 e. The summed E-state index contributed by atoms with van der Waals surface area (Å²) in [6.45, 7) is 4.71. The van der Waals surface area contributed by atoms with Crippen LogP contribution in [0.15, 0.2) is 12.2 Å². The number of nitrogens with zero attached hydrogens (tertiary/aromatic N) is 1. The van der Waals surface area contributed by atoms with Gasteiger partial charge in [0.25, 0.3) is 0 Å². The Hall–Kier alpha value is -0.150. The third kappa shape index (κ3) is 16.2. The highest BCUT2D eigenvalue weighted by atomic mass is 31.2. The minimum Gasteiger partial charge on any atom is -0.320 e. The molecule has 2 atom stereocenters. The normalized spacial score (nSPS) is 15.7. The van der Waals surface area contributed by atoms with E-state index < -0.39 is 7.60 Å². The summed E-state index contributed by atoms with van der Waals surface area (Å²) in [5.74, 6) is -0.337. The molecular weight excluding hydrogens is 381 g/mol. The van der Waals surface area contributed by atoms with E-state index in [2.05, 4.69) is 19.1 Å². The molecule has 0 amide bonds. The van der Waals surface area contributed by atoms with Gasteiger partial charge >= 0.3 is 7.60 Å². The van der Waals surface area contributed by atoms with Crippen LogP contribution in [0.3, 0.4) is 0 Å². The van der Waals surface area contributed by atoms with E-state index in [1.807, 2.05) is 28.1 Å². The summed E-state index contributed by atoms with van der Waals surface area (Å²) in [4.78, 5) is 10.4. The molecule has 0 heterocycles. The number of hydrogen-bond acceptors (Lipinski definition) is 2. The maximum atomic E-state index is 12.6. The van der Waals surface area contributed by atoms with Gasteiger partial charge in [-0.3, -0.25) is 4.57 Å². The lowest BCUT2D eigenvalue weighted by Crippen LogP contribution is -2.45. The Balaban J connectivity index is 3.65. The highest BCUT2D eigenvalue weighted by Crippen LogP contribution is 2.51. The van der Waals surface area contributed by atoms with E-state index in [1.165, 1.54) is 70.6 Å². The molecule has 0 radical (unpaired) electrons. The van der Waals surface area contributed by atoms with Crippen molar-refractivity contribution in [3.8, 4) is 0 Å². The van der Waals surface area contributed by atoms with Gasteiger partial charge in [0, 0.05) is 6.42 Å². The Morgan fingerprint density at radius 2 is 1.28 bits per heavy atom. The average Bonchev–Trinajstić information content (AvgIpc) is 2.64. The topological polar surface area (TPSA) is 46.5 Å². The summed E-state index contributed by atoms with van der Waals surface area (Å²) < 4.78 is 18.5. The number of quaternary nitrogens is 1. The predicted molar refractivity (Wildman–Crippen MR) is 127 cm³/mol. The fraction of sp³-hybridized carbons (Fsp3) is 0.917. The zero-order chi connectivity index (χ0) is 22.0. The molecule has 0 spiro atoms. The molecule has 0 fully saturated rings. The lowest BCUT2D eigenvalue weighted by molar-refractivity contribution is -0.883. The molecule has 0 aromatic rings. The summed E-state index contributed by atoms with van der Waals surface area (Å²) in [7, 11) is 2.33. The Morgan fingerprint density at radius 3 is 1.76 bits per heavy atom. The van der Waals surface area contributed by atoms with Crippen molar-refractivity contribution in [3.05, 3.63) is 12.2 Å². The first-order valence-corrected chi connectivity index (χ1v) is 13.8. The summed E-state index contributed by atoms with van der Waals surface area (Å²) in [5, 5.41) is 0. The molecule has 2 unspecified atom stereocenters. The molecule has 0 saturated heterocycles. The maximum absolute atomic E-state index is 12.6. The molecule has 174 valence electrons. The first kappa shape index (κ1) is 28.9. The second-order valence-corrected chi connectivity index (χ2v) is 11.3. The van der Waals surface area contributed by atoms with Crippen LogP contribution < -0.4 is 0 Å². The molecule has 1 N–H and O–H groups in total. The Labute approximate surface area is 182 Å². The largest absolute Gasteiger partial charge is 0.385 e. The minimum atomic E-state index is -3.57. The van der Waals surface area contributed by atoms with Gasteiger partial charge in [0.1, 0.15) is 0 Å². The van der Waals surface area contributed by atoms with Gasteiger partial charge in [-0.25, -0.2) is 0 Å². The number of unbranched alkanes of at least 4 members (excludes halogenated alkanes) is 11. The van der Waals surface area contributed by atoms with Crippen LogP contribution in [-0.2, 0) is 9.09 Å². The van der Waals surface area contributed by atoms with Crippen LogP contribution in [0.2, 0.25) is 0 Å². The third-order valence-electron chi connectivity index (χ3n) is 5.50. The lowest BCUT2D eigenvalue weighted by atomic mass is 10.1. The van der Waals surface area contributed by atoms with Gasteiger partial charge < -0.3 is 13.9 Å². The molecule has 0 aromatic carbocycles. The average molecular weight is 433 g/mol. The zero-order valence-corrected chi connectivity index (χ0v) is 21.1. The first-order chi connectivity index (χ1) is 13.8. The van der Waals surface area contributed by atoms with Crippen molar-refractivity contribution < 1.29 is 18.5 Å². The van der Waals surface area contributed by atoms with Crippen molar-refractivity contribution in [3.63, 3.8) is 0 Å². The fourth-order valence-corrected chi connectivity index (χ4v) is 5.72. The molecule has 0 aliphatic heterocycles. The highest BCUT2D eigenvalue weighted by Gasteiger charge is 2.41. The van der Waals surface area contributed by atoms with Gasteiger partial charge in [-0.1, -0.05) is 77.4 Å². The van der Waals surface area contributed by atoms with Gasteiger partial charge in [-0.15, -0.1) is 0 Å². The van der Waals surface area contributed by atoms with E-state index in [-0.39, 0.29) is 5.78 Å². The van der Waals surface area contributed by atoms with Crippen molar-refractivity contribution in [1.82, 2.24) is 0 Å². The SMILES string of the molecule is CCCCCCCC/C=C\CCCCCCCOP(=O)(O)C(CCC)[N+](C)(C)C. The highest BCUT2D eigenvalue weighted by molar-refractivity contribution is 7.53. The monoisotopic (exact) mass is 432 g/mol. The van der Waals surface area contributed by atoms with Gasteiger partial charge in [0.15, 0.2) is 5.78 Å². The van der Waals surface area contributed by atoms with Crippen molar-refractivity contribution >= 4 is 7.60 Å². The second kappa shape index (κ2) is 17.5. The van der Waals surface area contributed by atoms with Gasteiger partial charge in [0.2, 0.25) is 0 Å². The number of allylic oxidation sites excluding steroid dienone is 2. The van der Waals surface area contributed by atoms with Crippen molar-refractivity contribution in [2.24, 2.45) is 0 Å². The first-order valence-electron chi connectivity index (χ1n) is 12.2. The molecule has 0 aromatic heterocycles. The summed E-state index contributed by atoms with van der Waals surface area (Å²) in [6, 6.07) is 0. The standard InChI is InChI=1S/C24H50NO3P/c1-6-8-9-10-11-12-13-14-15-16-17-18-19-20-21-23-28-29(26,27)24(22-7-2)25(3,4)5/h14-15,24H,6-13,16-23H2,1-5H3/p+1/b15-14-. The van der Waals surface area contributed by atoms with Crippen LogP contribution in [0.25, 0.3) is 0 Å². The van der Waals surface area contributed by atoms with E-state index in [0.717, 1.165) is 19.3 Å². The van der Waals surface area contributed by atoms with Crippen molar-refractivity contribution in [2.45, 2.75) is 116 Å². The van der Waals surface area contributed by atoms with E-state index in [4.69, 9.17) is 4.52 Å². The van der Waals surface area contributed by atoms with Crippen LogP contribution >= 0.6 is 7.60 Å². The third-order valence-corrected chi connectivity index (χ3v) is 7.76. The zero-order valence-electron chi connectivity index (χ0n) is 20.2. The van der Waals surface area contributed by atoms with Crippen molar-refractivity contribution in [1.29, 1.82) is 0 Å². The molecule has 0 bridgehead atoms. The van der Waals surface area contributed by atoms with E-state index in [9.17, 15) is 9.46 Å². The number of hydrogen-bond donors (Lipinski definition) is 1. The molecule has 5 heteroatoms. The van der Waals surface area contributed by atoms with Crippen LogP contribution in [0.1, 0.15) is 110 Å². The van der Waals surface area contributed by atoms with Crippen LogP contribution in [0, 0.1) is 0 Å². The lowest BCUT2D eigenvalue weighted by Gasteiger charge is -2.35. The molecule has 0 rings (SSSR count). The minimum absolute atomic E-state index is 0.337. The van der Waals surface area contributed by atoms with E-state index >= 15 is 0 Å². The molecule has 0 aliphatic rings. The molecular formula is C24H51NO3P+. The van der Waals surface area contributed by atoms with E-state index in [1.54, 1.807) is 0 Å². The fourth-order valence-electron chi connectivity index (χ4n) is 3.70. The van der Waals surface area contributed by atoms with E-state index in [0.29, 0.717) is 17.5 Å². The van der Waals surface area contributed by atoms with Gasteiger partial charge in [-0.2, -0.15) is 0 Å². The summed E-state index contributed by atoms with van der Waals surface area (Å²) in [5.41, 5.74) is 0. The van der Waals surface area contributed by atoms with Crippen LogP contribution in [0.5, 0.6) is 0 Å². The van der Waals surface area contributed by atoms with Gasteiger partial charge in [-0.05, 0) is 38.5 Å². The summed E-state index contributed by atoms with van der Waals surface area (Å²) in [6.07, 6.45) is 22.5. The predicted octanol–water partition coefficient (Wildman–Crippen LogP) is 7.67. The van der Waals surface area contributed by atoms with Gasteiger partial charge in [0.05, 0.1) is 27.7 Å². The molecule has 0 saturated carbocycles. The smallest absolute Gasteiger partial charge is 0.320 e. The Bertz CT molecular complexity index is 446. The Kier molecular flexibility index (Phi) is 17.4. The Morgan fingerprint density at radius 1 is 0.793 bits per heavy atom. The molecule has 0 aliphatic carbocycles. The van der Waals surface area contributed by atoms with Crippen LogP contribution in [-0.4, -0.2) is 42.9 Å². The second-order valence-electron chi connectivity index (χ2n) is 9.37.